The summed E-state index contributed by atoms with van der Waals surface area (Å²) < 4.78 is 26.4. The van der Waals surface area contributed by atoms with Crippen LogP contribution in [-0.2, 0) is 14.8 Å². The summed E-state index contributed by atoms with van der Waals surface area (Å²) in [5.41, 5.74) is 0.629. The molecule has 2 rings (SSSR count). The summed E-state index contributed by atoms with van der Waals surface area (Å²) in [5, 5.41) is 5.02. The summed E-state index contributed by atoms with van der Waals surface area (Å²) in [7, 11) is -3.46. The Bertz CT molecular complexity index is 677. The molecule has 1 aromatic rings. The Hall–Kier alpha value is -1.44. The van der Waals surface area contributed by atoms with Crippen molar-refractivity contribution in [3.8, 4) is 0 Å². The van der Waals surface area contributed by atoms with E-state index < -0.39 is 10.0 Å². The first-order valence-corrected chi connectivity index (χ1v) is 11.6. The number of nitrogens with zero attached hydrogens (tertiary/aromatic N) is 1. The van der Waals surface area contributed by atoms with Crippen molar-refractivity contribution in [2.45, 2.75) is 69.7 Å². The second kappa shape index (κ2) is 10.8. The molecule has 0 aromatic heterocycles. The monoisotopic (exact) mass is 396 g/mol. The van der Waals surface area contributed by atoms with Gasteiger partial charge in [0.25, 0.3) is 5.91 Å². The van der Waals surface area contributed by atoms with Crippen molar-refractivity contribution in [3.05, 3.63) is 24.3 Å². The SMILES string of the molecule is CCN(CC)S(=O)(=O)c1ccc(NC(=O)C[NH2+]C2CCCCCCC2)cc1. The summed E-state index contributed by atoms with van der Waals surface area (Å²) in [6.45, 7) is 4.93. The maximum absolute atomic E-state index is 12.5. The molecule has 1 amide bonds. The second-order valence-electron chi connectivity index (χ2n) is 7.21. The number of nitrogens with two attached hydrogens (primary N) is 1. The van der Waals surface area contributed by atoms with Gasteiger partial charge < -0.3 is 10.6 Å². The Morgan fingerprint density at radius 1 is 1.04 bits per heavy atom. The molecule has 1 saturated carbocycles. The van der Waals surface area contributed by atoms with Crippen LogP contribution in [0.3, 0.4) is 0 Å². The van der Waals surface area contributed by atoms with Gasteiger partial charge in [0, 0.05) is 18.8 Å². The Morgan fingerprint density at radius 2 is 1.59 bits per heavy atom. The van der Waals surface area contributed by atoms with Crippen molar-refractivity contribution in [2.75, 3.05) is 25.0 Å². The third kappa shape index (κ3) is 6.59. The molecule has 0 saturated heterocycles. The number of rotatable bonds is 8. The second-order valence-corrected chi connectivity index (χ2v) is 9.14. The number of hydrogen-bond donors (Lipinski definition) is 2. The van der Waals surface area contributed by atoms with E-state index in [0.29, 0.717) is 31.4 Å². The topological polar surface area (TPSA) is 83.1 Å². The zero-order valence-electron chi connectivity index (χ0n) is 16.6. The van der Waals surface area contributed by atoms with Crippen LogP contribution in [0.15, 0.2) is 29.2 Å². The Labute approximate surface area is 163 Å². The molecule has 27 heavy (non-hydrogen) atoms. The van der Waals surface area contributed by atoms with Gasteiger partial charge >= 0.3 is 0 Å². The normalized spacial score (nSPS) is 16.7. The molecule has 1 aliphatic rings. The molecule has 1 fully saturated rings. The maximum Gasteiger partial charge on any atom is 0.279 e. The number of hydrogen-bond acceptors (Lipinski definition) is 3. The molecule has 6 nitrogen and oxygen atoms in total. The molecule has 152 valence electrons. The molecule has 1 aliphatic carbocycles. The third-order valence-electron chi connectivity index (χ3n) is 5.27. The molecule has 0 bridgehead atoms. The first kappa shape index (κ1) is 21.9. The number of quaternary nitrogens is 1. The van der Waals surface area contributed by atoms with Gasteiger partial charge in [-0.05, 0) is 49.9 Å². The van der Waals surface area contributed by atoms with Gasteiger partial charge in [-0.1, -0.05) is 33.1 Å². The maximum atomic E-state index is 12.5. The quantitative estimate of drug-likeness (QED) is 0.707. The van der Waals surface area contributed by atoms with E-state index >= 15 is 0 Å². The molecule has 3 N–H and O–H groups in total. The molecular formula is C20H34N3O3S+. The Balaban J connectivity index is 1.87. The molecule has 0 heterocycles. The van der Waals surface area contributed by atoms with Gasteiger partial charge in [-0.2, -0.15) is 4.31 Å². The number of benzene rings is 1. The Morgan fingerprint density at radius 3 is 2.15 bits per heavy atom. The fourth-order valence-corrected chi connectivity index (χ4v) is 5.09. The summed E-state index contributed by atoms with van der Waals surface area (Å²) in [4.78, 5) is 12.5. The lowest BCUT2D eigenvalue weighted by Gasteiger charge is -2.19. The van der Waals surface area contributed by atoms with Crippen LogP contribution in [0.1, 0.15) is 58.8 Å². The van der Waals surface area contributed by atoms with Gasteiger partial charge in [0.15, 0.2) is 6.54 Å². The number of carbonyl (C=O) groups is 1. The van der Waals surface area contributed by atoms with E-state index in [1.807, 2.05) is 13.8 Å². The van der Waals surface area contributed by atoms with E-state index in [1.165, 1.54) is 49.3 Å². The lowest BCUT2D eigenvalue weighted by molar-refractivity contribution is -0.680. The molecule has 0 aliphatic heterocycles. The number of sulfonamides is 1. The van der Waals surface area contributed by atoms with Crippen molar-refractivity contribution in [2.24, 2.45) is 0 Å². The first-order chi connectivity index (χ1) is 13.0. The van der Waals surface area contributed by atoms with Crippen LogP contribution in [-0.4, -0.2) is 44.3 Å². The smallest absolute Gasteiger partial charge is 0.279 e. The number of nitrogens with one attached hydrogen (secondary N) is 1. The lowest BCUT2D eigenvalue weighted by Crippen LogP contribution is -2.91. The summed E-state index contributed by atoms with van der Waals surface area (Å²) in [6, 6.07) is 6.97. The van der Waals surface area contributed by atoms with Crippen molar-refractivity contribution in [1.82, 2.24) is 4.31 Å². The van der Waals surface area contributed by atoms with Gasteiger partial charge in [-0.25, -0.2) is 8.42 Å². The van der Waals surface area contributed by atoms with Crippen molar-refractivity contribution < 1.29 is 18.5 Å². The van der Waals surface area contributed by atoms with Crippen LogP contribution in [0, 0.1) is 0 Å². The highest BCUT2D eigenvalue weighted by atomic mass is 32.2. The highest BCUT2D eigenvalue weighted by Crippen LogP contribution is 2.18. The molecular weight excluding hydrogens is 362 g/mol. The van der Waals surface area contributed by atoms with Gasteiger partial charge in [-0.3, -0.25) is 4.79 Å². The predicted octanol–water partition coefficient (Wildman–Crippen LogP) is 2.33. The highest BCUT2D eigenvalue weighted by Gasteiger charge is 2.21. The fourth-order valence-electron chi connectivity index (χ4n) is 3.63. The minimum Gasteiger partial charge on any atom is -0.336 e. The van der Waals surface area contributed by atoms with Crippen LogP contribution in [0.5, 0.6) is 0 Å². The van der Waals surface area contributed by atoms with Crippen molar-refractivity contribution in [3.63, 3.8) is 0 Å². The Kier molecular flexibility index (Phi) is 8.73. The molecule has 7 heteroatoms. The van der Waals surface area contributed by atoms with E-state index in [4.69, 9.17) is 0 Å². The molecule has 0 unspecified atom stereocenters. The first-order valence-electron chi connectivity index (χ1n) is 10.2. The van der Waals surface area contributed by atoms with Crippen molar-refractivity contribution in [1.29, 1.82) is 0 Å². The van der Waals surface area contributed by atoms with Gasteiger partial charge in [0.2, 0.25) is 10.0 Å². The molecule has 0 spiro atoms. The van der Waals surface area contributed by atoms with Crippen LogP contribution < -0.4 is 10.6 Å². The van der Waals surface area contributed by atoms with E-state index in [9.17, 15) is 13.2 Å². The van der Waals surface area contributed by atoms with Crippen LogP contribution in [0.25, 0.3) is 0 Å². The van der Waals surface area contributed by atoms with E-state index in [2.05, 4.69) is 10.6 Å². The van der Waals surface area contributed by atoms with Gasteiger partial charge in [0.05, 0.1) is 10.9 Å². The fraction of sp³-hybridized carbons (Fsp3) is 0.650. The molecule has 0 atom stereocenters. The highest BCUT2D eigenvalue weighted by molar-refractivity contribution is 7.89. The molecule has 0 radical (unpaired) electrons. The average Bonchev–Trinajstić information content (AvgIpc) is 2.62. The summed E-state index contributed by atoms with van der Waals surface area (Å²) >= 11 is 0. The standard InChI is InChI=1S/C20H33N3O3S/c1-3-23(4-2)27(25,26)19-14-12-18(13-15-19)22-20(24)16-21-17-10-8-6-5-7-9-11-17/h12-15,17,21H,3-11,16H2,1-2H3,(H,22,24)/p+1. The number of anilines is 1. The van der Waals surface area contributed by atoms with Crippen LogP contribution >= 0.6 is 0 Å². The van der Waals surface area contributed by atoms with E-state index in [-0.39, 0.29) is 10.8 Å². The van der Waals surface area contributed by atoms with Crippen LogP contribution in [0.2, 0.25) is 0 Å². The van der Waals surface area contributed by atoms with E-state index in [0.717, 1.165) is 0 Å². The average molecular weight is 397 g/mol. The minimum atomic E-state index is -3.46. The minimum absolute atomic E-state index is 0.0450. The number of amides is 1. The third-order valence-corrected chi connectivity index (χ3v) is 7.33. The molecule has 1 aromatic carbocycles. The van der Waals surface area contributed by atoms with E-state index in [1.54, 1.807) is 24.3 Å². The zero-order chi connectivity index (χ0) is 19.7. The van der Waals surface area contributed by atoms with Crippen LogP contribution in [0.4, 0.5) is 5.69 Å². The van der Waals surface area contributed by atoms with Crippen molar-refractivity contribution >= 4 is 21.6 Å². The number of carbonyl (C=O) groups excluding carboxylic acids is 1. The zero-order valence-corrected chi connectivity index (χ0v) is 17.4. The largest absolute Gasteiger partial charge is 0.336 e. The van der Waals surface area contributed by atoms with Gasteiger partial charge in [-0.15, -0.1) is 0 Å². The summed E-state index contributed by atoms with van der Waals surface area (Å²) in [6.07, 6.45) is 8.83. The lowest BCUT2D eigenvalue weighted by atomic mass is 9.97. The predicted molar refractivity (Wildman–Crippen MR) is 108 cm³/mol. The summed E-state index contributed by atoms with van der Waals surface area (Å²) in [5.74, 6) is -0.0450. The van der Waals surface area contributed by atoms with Gasteiger partial charge in [0.1, 0.15) is 0 Å².